The van der Waals surface area contributed by atoms with Gasteiger partial charge in [-0.2, -0.15) is 0 Å². The Morgan fingerprint density at radius 2 is 2.09 bits per heavy atom. The monoisotopic (exact) mass is 174 g/mol. The third kappa shape index (κ3) is 2.67. The fraction of sp³-hybridized carbons (Fsp3) is 0.286. The van der Waals surface area contributed by atoms with Crippen molar-refractivity contribution in [1.29, 1.82) is 0 Å². The molecule has 4 heteroatoms. The van der Waals surface area contributed by atoms with Crippen LogP contribution in [0.25, 0.3) is 0 Å². The van der Waals surface area contributed by atoms with Gasteiger partial charge in [0, 0.05) is 22.0 Å². The molecule has 0 fully saturated rings. The summed E-state index contributed by atoms with van der Waals surface area (Å²) in [5.41, 5.74) is 0.0193. The molecule has 1 atom stereocenters. The highest BCUT2D eigenvalue weighted by molar-refractivity contribution is 7.88. The normalized spacial score (nSPS) is 15.1. The lowest BCUT2D eigenvalue weighted by Crippen LogP contribution is -2.03. The predicted molar refractivity (Wildman–Crippen MR) is 44.6 cm³/mol. The van der Waals surface area contributed by atoms with Gasteiger partial charge in [-0.25, -0.2) is 4.79 Å². The molecule has 11 heavy (non-hydrogen) atoms. The molecule has 0 saturated heterocycles. The van der Waals surface area contributed by atoms with Crippen molar-refractivity contribution in [3.05, 3.63) is 23.1 Å². The molecule has 0 saturated carbocycles. The standard InChI is InChI=1S/C7H10O3S/c1-4-6(7(8)9)5(2)11(3)10/h4H,1H2,2-3H3,(H,8,9). The van der Waals surface area contributed by atoms with Crippen molar-refractivity contribution in [3.63, 3.8) is 0 Å². The summed E-state index contributed by atoms with van der Waals surface area (Å²) in [5.74, 6) is -1.09. The molecule has 0 aromatic rings. The molecule has 0 aliphatic heterocycles. The van der Waals surface area contributed by atoms with Crippen LogP contribution in [0, 0.1) is 0 Å². The Bertz CT molecular complexity index is 240. The lowest BCUT2D eigenvalue weighted by Gasteiger charge is -1.98. The molecule has 0 heterocycles. The van der Waals surface area contributed by atoms with Crippen LogP contribution in [-0.4, -0.2) is 21.5 Å². The Kier molecular flexibility index (Phi) is 3.74. The first-order chi connectivity index (χ1) is 5.00. The fourth-order valence-electron chi connectivity index (χ4n) is 0.536. The summed E-state index contributed by atoms with van der Waals surface area (Å²) in [6.45, 7) is 4.83. The minimum absolute atomic E-state index is 0.0193. The van der Waals surface area contributed by atoms with E-state index in [1.807, 2.05) is 0 Å². The summed E-state index contributed by atoms with van der Waals surface area (Å²) in [5, 5.41) is 8.53. The molecule has 0 aliphatic rings. The van der Waals surface area contributed by atoms with Crippen LogP contribution in [0.4, 0.5) is 0 Å². The maximum Gasteiger partial charge on any atom is 0.336 e. The van der Waals surface area contributed by atoms with E-state index in [2.05, 4.69) is 6.58 Å². The summed E-state index contributed by atoms with van der Waals surface area (Å²) in [4.78, 5) is 10.8. The third-order valence-electron chi connectivity index (χ3n) is 1.25. The topological polar surface area (TPSA) is 54.4 Å². The number of carboxylic acid groups (broad SMARTS) is 1. The van der Waals surface area contributed by atoms with Crippen LogP contribution in [0.2, 0.25) is 0 Å². The maximum absolute atomic E-state index is 10.8. The number of aliphatic carboxylic acids is 1. The van der Waals surface area contributed by atoms with Crippen molar-refractivity contribution in [3.8, 4) is 0 Å². The van der Waals surface area contributed by atoms with Gasteiger partial charge >= 0.3 is 5.97 Å². The first-order valence-electron chi connectivity index (χ1n) is 2.90. The summed E-state index contributed by atoms with van der Waals surface area (Å²) in [6, 6.07) is 0. The number of hydrogen-bond acceptors (Lipinski definition) is 2. The van der Waals surface area contributed by atoms with Crippen molar-refractivity contribution in [1.82, 2.24) is 0 Å². The largest absolute Gasteiger partial charge is 0.478 e. The molecule has 0 radical (unpaired) electrons. The van der Waals surface area contributed by atoms with E-state index in [1.54, 1.807) is 0 Å². The predicted octanol–water partition coefficient (Wildman–Crippen LogP) is 0.909. The van der Waals surface area contributed by atoms with Crippen molar-refractivity contribution >= 4 is 16.8 Å². The van der Waals surface area contributed by atoms with Crippen molar-refractivity contribution in [2.24, 2.45) is 0 Å². The second-order valence-electron chi connectivity index (χ2n) is 1.93. The molecule has 0 spiro atoms. The van der Waals surface area contributed by atoms with Gasteiger partial charge in [-0.15, -0.1) is 0 Å². The molecule has 0 aromatic carbocycles. The molecule has 0 aliphatic carbocycles. The summed E-state index contributed by atoms with van der Waals surface area (Å²) < 4.78 is 10.8. The second kappa shape index (κ2) is 4.08. The van der Waals surface area contributed by atoms with Crippen molar-refractivity contribution < 1.29 is 14.1 Å². The highest BCUT2D eigenvalue weighted by Gasteiger charge is 2.08. The highest BCUT2D eigenvalue weighted by atomic mass is 32.2. The molecule has 3 nitrogen and oxygen atoms in total. The van der Waals surface area contributed by atoms with Crippen LogP contribution in [0.5, 0.6) is 0 Å². The SMILES string of the molecule is C=CC(C(=O)O)=C(C)S(C)=O. The quantitative estimate of drug-likeness (QED) is 0.511. The summed E-state index contributed by atoms with van der Waals surface area (Å²) >= 11 is 0. The minimum atomic E-state index is -1.23. The molecule has 62 valence electrons. The van der Waals surface area contributed by atoms with E-state index in [4.69, 9.17) is 5.11 Å². The number of allylic oxidation sites excluding steroid dienone is 1. The van der Waals surface area contributed by atoms with Crippen LogP contribution >= 0.6 is 0 Å². The van der Waals surface area contributed by atoms with E-state index in [9.17, 15) is 9.00 Å². The number of rotatable bonds is 3. The van der Waals surface area contributed by atoms with Gasteiger partial charge < -0.3 is 5.11 Å². The van der Waals surface area contributed by atoms with E-state index in [0.717, 1.165) is 0 Å². The summed E-state index contributed by atoms with van der Waals surface area (Å²) in [6.07, 6.45) is 2.63. The van der Waals surface area contributed by atoms with Gasteiger partial charge in [-0.1, -0.05) is 12.7 Å². The van der Waals surface area contributed by atoms with Crippen LogP contribution < -0.4 is 0 Å². The molecule has 0 aromatic heterocycles. The molecular formula is C7H10O3S. The zero-order valence-electron chi connectivity index (χ0n) is 6.46. The molecule has 0 amide bonds. The first kappa shape index (κ1) is 10.1. The van der Waals surface area contributed by atoms with Gasteiger partial charge in [0.15, 0.2) is 0 Å². The zero-order chi connectivity index (χ0) is 9.02. The lowest BCUT2D eigenvalue weighted by atomic mass is 10.2. The van der Waals surface area contributed by atoms with E-state index >= 15 is 0 Å². The average molecular weight is 174 g/mol. The van der Waals surface area contributed by atoms with Crippen LogP contribution in [0.15, 0.2) is 23.1 Å². The molecule has 1 unspecified atom stereocenters. The van der Waals surface area contributed by atoms with Gasteiger partial charge in [0.05, 0.1) is 5.57 Å². The first-order valence-corrected chi connectivity index (χ1v) is 4.46. The summed E-state index contributed by atoms with van der Waals surface area (Å²) in [7, 11) is -1.23. The van der Waals surface area contributed by atoms with E-state index < -0.39 is 16.8 Å². The fourth-order valence-corrected chi connectivity index (χ4v) is 1.02. The van der Waals surface area contributed by atoms with Crippen molar-refractivity contribution in [2.75, 3.05) is 6.26 Å². The van der Waals surface area contributed by atoms with Crippen LogP contribution in [0.3, 0.4) is 0 Å². The average Bonchev–Trinajstić information content (AvgIpc) is 1.88. The van der Waals surface area contributed by atoms with Gasteiger partial charge in [0.25, 0.3) is 0 Å². The molecule has 0 rings (SSSR count). The highest BCUT2D eigenvalue weighted by Crippen LogP contribution is 2.07. The van der Waals surface area contributed by atoms with E-state index in [1.165, 1.54) is 19.3 Å². The number of hydrogen-bond donors (Lipinski definition) is 1. The van der Waals surface area contributed by atoms with Crippen LogP contribution in [-0.2, 0) is 15.6 Å². The lowest BCUT2D eigenvalue weighted by molar-refractivity contribution is -0.132. The Morgan fingerprint density at radius 3 is 2.18 bits per heavy atom. The molecule has 1 N–H and O–H groups in total. The number of carbonyl (C=O) groups is 1. The van der Waals surface area contributed by atoms with Crippen LogP contribution in [0.1, 0.15) is 6.92 Å². The smallest absolute Gasteiger partial charge is 0.336 e. The number of carboxylic acids is 1. The van der Waals surface area contributed by atoms with E-state index in [0.29, 0.717) is 4.91 Å². The van der Waals surface area contributed by atoms with Crippen molar-refractivity contribution in [2.45, 2.75) is 6.92 Å². The van der Waals surface area contributed by atoms with Gasteiger partial charge in [0.1, 0.15) is 0 Å². The second-order valence-corrected chi connectivity index (χ2v) is 3.45. The Morgan fingerprint density at radius 1 is 1.64 bits per heavy atom. The Labute approximate surface area is 67.9 Å². The maximum atomic E-state index is 10.8. The molecular weight excluding hydrogens is 164 g/mol. The Hall–Kier alpha value is -0.900. The van der Waals surface area contributed by atoms with E-state index in [-0.39, 0.29) is 5.57 Å². The molecule has 0 bridgehead atoms. The van der Waals surface area contributed by atoms with Gasteiger partial charge in [0.2, 0.25) is 0 Å². The Balaban J connectivity index is 4.99. The zero-order valence-corrected chi connectivity index (χ0v) is 7.27. The minimum Gasteiger partial charge on any atom is -0.478 e. The van der Waals surface area contributed by atoms with Gasteiger partial charge in [-0.3, -0.25) is 4.21 Å². The van der Waals surface area contributed by atoms with Gasteiger partial charge in [-0.05, 0) is 6.92 Å². The third-order valence-corrected chi connectivity index (χ3v) is 2.33.